The van der Waals surface area contributed by atoms with E-state index in [0.29, 0.717) is 0 Å². The van der Waals surface area contributed by atoms with Gasteiger partial charge in [-0.1, -0.05) is 23.5 Å². The first kappa shape index (κ1) is 19.9. The molecule has 162 valence electrons. The second kappa shape index (κ2) is 8.26. The molecule has 5 rings (SSSR count). The minimum Gasteiger partial charge on any atom is -0.497 e. The summed E-state index contributed by atoms with van der Waals surface area (Å²) in [5.41, 5.74) is 2.04. The predicted octanol–water partition coefficient (Wildman–Crippen LogP) is 3.10. The number of methoxy groups -OCH3 is 2. The van der Waals surface area contributed by atoms with E-state index in [1.807, 2.05) is 35.2 Å². The van der Waals surface area contributed by atoms with E-state index in [2.05, 4.69) is 21.9 Å². The summed E-state index contributed by atoms with van der Waals surface area (Å²) < 4.78 is 11.9. The predicted molar refractivity (Wildman–Crippen MR) is 124 cm³/mol. The summed E-state index contributed by atoms with van der Waals surface area (Å²) in [5.74, 6) is 1.97. The maximum atomic E-state index is 13.0. The van der Waals surface area contributed by atoms with Gasteiger partial charge in [0.1, 0.15) is 17.0 Å². The fourth-order valence-electron chi connectivity index (χ4n) is 4.25. The highest BCUT2D eigenvalue weighted by molar-refractivity contribution is 7.22. The van der Waals surface area contributed by atoms with Crippen LogP contribution in [0.2, 0.25) is 0 Å². The lowest BCUT2D eigenvalue weighted by Crippen LogP contribution is -2.58. The van der Waals surface area contributed by atoms with Crippen LogP contribution in [-0.2, 0) is 4.79 Å². The molecule has 0 N–H and O–H groups in total. The molecule has 0 spiro atoms. The van der Waals surface area contributed by atoms with Gasteiger partial charge >= 0.3 is 0 Å². The van der Waals surface area contributed by atoms with Gasteiger partial charge in [0, 0.05) is 51.0 Å². The average Bonchev–Trinajstić information content (AvgIpc) is 3.22. The van der Waals surface area contributed by atoms with E-state index in [9.17, 15) is 4.79 Å². The van der Waals surface area contributed by atoms with Crippen LogP contribution in [0.15, 0.2) is 42.5 Å². The highest BCUT2D eigenvalue weighted by Gasteiger charge is 2.37. The van der Waals surface area contributed by atoms with Gasteiger partial charge in [-0.05, 0) is 24.3 Å². The smallest absolute Gasteiger partial charge is 0.229 e. The Bertz CT molecular complexity index is 1090. The van der Waals surface area contributed by atoms with Crippen molar-refractivity contribution >= 4 is 38.3 Å². The Morgan fingerprint density at radius 3 is 2.52 bits per heavy atom. The molecule has 0 atom stereocenters. The summed E-state index contributed by atoms with van der Waals surface area (Å²) in [6.45, 7) is 4.66. The van der Waals surface area contributed by atoms with Crippen molar-refractivity contribution < 1.29 is 14.3 Å². The van der Waals surface area contributed by atoms with Crippen LogP contribution in [0.25, 0.3) is 10.2 Å². The standard InChI is InChI=1S/C23H26N4O3S/c1-29-18-6-3-5-17(13-18)25-9-11-26(12-10-25)22(28)16-14-27(15-16)23-24-21-19(30-2)7-4-8-20(21)31-23/h3-8,13,16H,9-12,14-15H2,1-2H3. The lowest BCUT2D eigenvalue weighted by Gasteiger charge is -2.43. The van der Waals surface area contributed by atoms with Crippen LogP contribution in [0.1, 0.15) is 0 Å². The molecule has 0 saturated carbocycles. The largest absolute Gasteiger partial charge is 0.497 e. The molecule has 1 amide bonds. The monoisotopic (exact) mass is 438 g/mol. The van der Waals surface area contributed by atoms with Gasteiger partial charge in [0.15, 0.2) is 5.13 Å². The molecule has 2 fully saturated rings. The highest BCUT2D eigenvalue weighted by Crippen LogP contribution is 2.37. The molecule has 2 aromatic carbocycles. The number of hydrogen-bond acceptors (Lipinski definition) is 7. The van der Waals surface area contributed by atoms with Crippen molar-refractivity contribution in [1.82, 2.24) is 9.88 Å². The van der Waals surface area contributed by atoms with Crippen molar-refractivity contribution in [3.05, 3.63) is 42.5 Å². The number of anilines is 2. The molecule has 31 heavy (non-hydrogen) atoms. The van der Waals surface area contributed by atoms with Crippen LogP contribution in [0.3, 0.4) is 0 Å². The second-order valence-electron chi connectivity index (χ2n) is 7.92. The number of hydrogen-bond donors (Lipinski definition) is 0. The number of para-hydroxylation sites is 1. The number of piperazine rings is 1. The summed E-state index contributed by atoms with van der Waals surface area (Å²) in [6.07, 6.45) is 0. The molecule has 2 aliphatic rings. The van der Waals surface area contributed by atoms with Crippen LogP contribution in [-0.4, -0.2) is 69.3 Å². The molecule has 2 saturated heterocycles. The molecule has 2 aliphatic heterocycles. The van der Waals surface area contributed by atoms with E-state index in [0.717, 1.165) is 71.8 Å². The molecule has 0 unspecified atom stereocenters. The third-order valence-electron chi connectivity index (χ3n) is 6.10. The fourth-order valence-corrected chi connectivity index (χ4v) is 5.25. The number of ether oxygens (including phenoxy) is 2. The molecule has 0 radical (unpaired) electrons. The first-order valence-corrected chi connectivity index (χ1v) is 11.3. The zero-order chi connectivity index (χ0) is 21.4. The minimum atomic E-state index is 0.0530. The van der Waals surface area contributed by atoms with Crippen LogP contribution in [0.5, 0.6) is 11.5 Å². The third-order valence-corrected chi connectivity index (χ3v) is 7.18. The Morgan fingerprint density at radius 1 is 1.00 bits per heavy atom. The molecular formula is C23H26N4O3S. The molecule has 3 heterocycles. The quantitative estimate of drug-likeness (QED) is 0.610. The van der Waals surface area contributed by atoms with Gasteiger partial charge < -0.3 is 24.2 Å². The molecular weight excluding hydrogens is 412 g/mol. The van der Waals surface area contributed by atoms with Crippen molar-refractivity contribution in [2.75, 3.05) is 63.3 Å². The average molecular weight is 439 g/mol. The van der Waals surface area contributed by atoms with Crippen LogP contribution < -0.4 is 19.3 Å². The molecule has 0 bridgehead atoms. The Morgan fingerprint density at radius 2 is 1.77 bits per heavy atom. The maximum absolute atomic E-state index is 13.0. The summed E-state index contributed by atoms with van der Waals surface area (Å²) in [5, 5.41) is 0.964. The number of fused-ring (bicyclic) bond motifs is 1. The summed E-state index contributed by atoms with van der Waals surface area (Å²) in [6, 6.07) is 14.1. The Hall–Kier alpha value is -3.00. The number of thiazole rings is 1. The number of rotatable bonds is 5. The van der Waals surface area contributed by atoms with Gasteiger partial charge in [-0.3, -0.25) is 4.79 Å². The topological polar surface area (TPSA) is 58.1 Å². The normalized spacial score (nSPS) is 17.0. The number of aromatic nitrogens is 1. The molecule has 3 aromatic rings. The maximum Gasteiger partial charge on any atom is 0.229 e. The number of amides is 1. The van der Waals surface area contributed by atoms with E-state index in [-0.39, 0.29) is 11.8 Å². The molecule has 1 aromatic heterocycles. The van der Waals surface area contributed by atoms with E-state index in [1.165, 1.54) is 0 Å². The van der Waals surface area contributed by atoms with Gasteiger partial charge in [0.2, 0.25) is 5.91 Å². The van der Waals surface area contributed by atoms with Crippen molar-refractivity contribution in [2.45, 2.75) is 0 Å². The zero-order valence-corrected chi connectivity index (χ0v) is 18.6. The third kappa shape index (κ3) is 3.76. The number of carbonyl (C=O) groups excluding carboxylic acids is 1. The van der Waals surface area contributed by atoms with E-state index >= 15 is 0 Å². The van der Waals surface area contributed by atoms with Gasteiger partial charge in [-0.15, -0.1) is 0 Å². The van der Waals surface area contributed by atoms with Crippen molar-refractivity contribution in [1.29, 1.82) is 0 Å². The van der Waals surface area contributed by atoms with Crippen LogP contribution in [0.4, 0.5) is 10.8 Å². The van der Waals surface area contributed by atoms with E-state index < -0.39 is 0 Å². The summed E-state index contributed by atoms with van der Waals surface area (Å²) in [4.78, 5) is 24.3. The van der Waals surface area contributed by atoms with Crippen molar-refractivity contribution in [3.63, 3.8) is 0 Å². The molecule has 7 nitrogen and oxygen atoms in total. The van der Waals surface area contributed by atoms with Crippen LogP contribution >= 0.6 is 11.3 Å². The number of carbonyl (C=O) groups is 1. The Balaban J connectivity index is 1.17. The minimum absolute atomic E-state index is 0.0530. The van der Waals surface area contributed by atoms with Crippen LogP contribution in [0, 0.1) is 5.92 Å². The number of nitrogens with zero attached hydrogens (tertiary/aromatic N) is 4. The lowest BCUT2D eigenvalue weighted by molar-refractivity contribution is -0.136. The van der Waals surface area contributed by atoms with E-state index in [1.54, 1.807) is 25.6 Å². The summed E-state index contributed by atoms with van der Waals surface area (Å²) >= 11 is 1.65. The van der Waals surface area contributed by atoms with E-state index in [4.69, 9.17) is 14.5 Å². The molecule has 8 heteroatoms. The van der Waals surface area contributed by atoms with Crippen molar-refractivity contribution in [2.24, 2.45) is 5.92 Å². The fraction of sp³-hybridized carbons (Fsp3) is 0.391. The Labute approximate surface area is 185 Å². The first-order valence-electron chi connectivity index (χ1n) is 10.5. The van der Waals surface area contributed by atoms with Crippen molar-refractivity contribution in [3.8, 4) is 11.5 Å². The number of benzene rings is 2. The Kier molecular flexibility index (Phi) is 5.31. The second-order valence-corrected chi connectivity index (χ2v) is 8.93. The van der Waals surface area contributed by atoms with Gasteiger partial charge in [-0.25, -0.2) is 4.98 Å². The SMILES string of the molecule is COc1cccc(N2CCN(C(=O)C3CN(c4nc5c(OC)cccc5s4)C3)CC2)c1. The van der Waals surface area contributed by atoms with Gasteiger partial charge in [-0.2, -0.15) is 0 Å². The molecule has 0 aliphatic carbocycles. The van der Waals surface area contributed by atoms with Gasteiger partial charge in [0.05, 0.1) is 24.8 Å². The first-order chi connectivity index (χ1) is 15.2. The lowest BCUT2D eigenvalue weighted by atomic mass is 9.99. The van der Waals surface area contributed by atoms with Gasteiger partial charge in [0.25, 0.3) is 0 Å². The summed E-state index contributed by atoms with van der Waals surface area (Å²) in [7, 11) is 3.35. The highest BCUT2D eigenvalue weighted by atomic mass is 32.1. The zero-order valence-electron chi connectivity index (χ0n) is 17.8.